The van der Waals surface area contributed by atoms with Gasteiger partial charge in [-0.15, -0.1) is 11.8 Å². The highest BCUT2D eigenvalue weighted by molar-refractivity contribution is 7.98. The van der Waals surface area contributed by atoms with E-state index in [0.29, 0.717) is 22.5 Å². The summed E-state index contributed by atoms with van der Waals surface area (Å²) in [5, 5.41) is 5.68. The molecule has 0 fully saturated rings. The predicted molar refractivity (Wildman–Crippen MR) is 146 cm³/mol. The van der Waals surface area contributed by atoms with Crippen molar-refractivity contribution < 1.29 is 18.0 Å². The maximum absolute atomic E-state index is 13.2. The third kappa shape index (κ3) is 6.47. The minimum atomic E-state index is -3.76. The van der Waals surface area contributed by atoms with E-state index < -0.39 is 21.5 Å². The van der Waals surface area contributed by atoms with Gasteiger partial charge in [0.15, 0.2) is 0 Å². The second-order valence-electron chi connectivity index (χ2n) is 9.10. The zero-order chi connectivity index (χ0) is 26.5. The minimum absolute atomic E-state index is 0.203. The first-order chi connectivity index (χ1) is 17.0. The molecule has 0 bridgehead atoms. The standard InChI is InChI=1S/C27H31N3O4S2/c1-6-30(36(33,34)22-17-15-21(35-5)16-18-22)20-13-11-19(12-14-20)25(31)28-24-10-8-7-9-23(24)26(32)29-27(2,3)4/h7-18H,6H2,1-5H3,(H,28,31)(H,29,32). The molecule has 0 radical (unpaired) electrons. The molecule has 2 amide bonds. The van der Waals surface area contributed by atoms with Crippen LogP contribution in [-0.2, 0) is 10.0 Å². The van der Waals surface area contributed by atoms with Crippen LogP contribution >= 0.6 is 11.8 Å². The first kappa shape index (κ1) is 27.3. The maximum atomic E-state index is 13.2. The molecule has 9 heteroatoms. The van der Waals surface area contributed by atoms with Gasteiger partial charge in [-0.25, -0.2) is 8.42 Å². The van der Waals surface area contributed by atoms with Crippen molar-refractivity contribution in [3.63, 3.8) is 0 Å². The molecule has 0 aliphatic carbocycles. The Kier molecular flexibility index (Phi) is 8.47. The number of hydrogen-bond donors (Lipinski definition) is 2. The molecule has 0 spiro atoms. The van der Waals surface area contributed by atoms with Gasteiger partial charge in [0.25, 0.3) is 21.8 Å². The fourth-order valence-corrected chi connectivity index (χ4v) is 5.42. The highest BCUT2D eigenvalue weighted by atomic mass is 32.2. The lowest BCUT2D eigenvalue weighted by Crippen LogP contribution is -2.40. The van der Waals surface area contributed by atoms with Crippen LogP contribution in [0.4, 0.5) is 11.4 Å². The van der Waals surface area contributed by atoms with Gasteiger partial charge in [0.1, 0.15) is 0 Å². The number of nitrogens with one attached hydrogen (secondary N) is 2. The number of benzene rings is 3. The van der Waals surface area contributed by atoms with Crippen LogP contribution in [0.5, 0.6) is 0 Å². The van der Waals surface area contributed by atoms with Gasteiger partial charge in [-0.3, -0.25) is 13.9 Å². The van der Waals surface area contributed by atoms with Crippen LogP contribution in [0.1, 0.15) is 48.4 Å². The Labute approximate surface area is 217 Å². The third-order valence-electron chi connectivity index (χ3n) is 5.26. The Hall–Kier alpha value is -3.30. The monoisotopic (exact) mass is 525 g/mol. The van der Waals surface area contributed by atoms with E-state index in [1.807, 2.05) is 27.0 Å². The molecular weight excluding hydrogens is 494 g/mol. The Morgan fingerprint density at radius 3 is 2.06 bits per heavy atom. The predicted octanol–water partition coefficient (Wildman–Crippen LogP) is 5.40. The highest BCUT2D eigenvalue weighted by Gasteiger charge is 2.24. The topological polar surface area (TPSA) is 95.6 Å². The number of sulfonamides is 1. The number of carbonyl (C=O) groups is 2. The lowest BCUT2D eigenvalue weighted by atomic mass is 10.1. The lowest BCUT2D eigenvalue weighted by molar-refractivity contribution is 0.0920. The molecule has 3 rings (SSSR count). The Balaban J connectivity index is 1.80. The van der Waals surface area contributed by atoms with Gasteiger partial charge in [0.05, 0.1) is 21.8 Å². The quantitative estimate of drug-likeness (QED) is 0.384. The van der Waals surface area contributed by atoms with Crippen molar-refractivity contribution in [1.29, 1.82) is 0 Å². The van der Waals surface area contributed by atoms with Crippen LogP contribution < -0.4 is 14.9 Å². The summed E-state index contributed by atoms with van der Waals surface area (Å²) in [6.07, 6.45) is 1.93. The zero-order valence-corrected chi connectivity index (χ0v) is 22.7. The number of hydrogen-bond acceptors (Lipinski definition) is 5. The molecule has 0 aliphatic heterocycles. The molecule has 190 valence electrons. The first-order valence-corrected chi connectivity index (χ1v) is 14.1. The molecular formula is C27H31N3O4S2. The van der Waals surface area contributed by atoms with E-state index in [-0.39, 0.29) is 17.3 Å². The van der Waals surface area contributed by atoms with Crippen molar-refractivity contribution in [1.82, 2.24) is 5.32 Å². The maximum Gasteiger partial charge on any atom is 0.264 e. The molecule has 0 aromatic heterocycles. The summed E-state index contributed by atoms with van der Waals surface area (Å²) in [6, 6.07) is 19.9. The van der Waals surface area contributed by atoms with E-state index in [1.165, 1.54) is 16.1 Å². The average Bonchev–Trinajstić information content (AvgIpc) is 2.84. The van der Waals surface area contributed by atoms with Gasteiger partial charge in [-0.2, -0.15) is 0 Å². The van der Waals surface area contributed by atoms with Gasteiger partial charge in [0, 0.05) is 22.5 Å². The van der Waals surface area contributed by atoms with E-state index >= 15 is 0 Å². The molecule has 0 unspecified atom stereocenters. The molecule has 0 heterocycles. The Morgan fingerprint density at radius 2 is 1.50 bits per heavy atom. The van der Waals surface area contributed by atoms with E-state index in [4.69, 9.17) is 0 Å². The molecule has 36 heavy (non-hydrogen) atoms. The van der Waals surface area contributed by atoms with Crippen molar-refractivity contribution in [2.75, 3.05) is 22.4 Å². The summed E-state index contributed by atoms with van der Waals surface area (Å²) in [5.41, 5.74) is 1.11. The smallest absolute Gasteiger partial charge is 0.264 e. The van der Waals surface area contributed by atoms with Crippen LogP contribution in [-0.4, -0.2) is 38.6 Å². The highest BCUT2D eigenvalue weighted by Crippen LogP contribution is 2.26. The van der Waals surface area contributed by atoms with Crippen LogP contribution in [0.25, 0.3) is 0 Å². The number of carbonyl (C=O) groups excluding carboxylic acids is 2. The number of nitrogens with zero attached hydrogens (tertiary/aromatic N) is 1. The minimum Gasteiger partial charge on any atom is -0.347 e. The van der Waals surface area contributed by atoms with Gasteiger partial charge in [0.2, 0.25) is 0 Å². The third-order valence-corrected chi connectivity index (χ3v) is 7.92. The van der Waals surface area contributed by atoms with Crippen molar-refractivity contribution in [3.8, 4) is 0 Å². The summed E-state index contributed by atoms with van der Waals surface area (Å²) < 4.78 is 27.8. The molecule has 2 N–H and O–H groups in total. The Morgan fingerprint density at radius 1 is 0.889 bits per heavy atom. The molecule has 3 aromatic rings. The summed E-state index contributed by atoms with van der Waals surface area (Å²) in [7, 11) is -3.76. The SMILES string of the molecule is CCN(c1ccc(C(=O)Nc2ccccc2C(=O)NC(C)(C)C)cc1)S(=O)(=O)c1ccc(SC)cc1. The summed E-state index contributed by atoms with van der Waals surface area (Å²) in [5.74, 6) is -0.695. The number of thioether (sulfide) groups is 1. The molecule has 0 atom stereocenters. The molecule has 3 aromatic carbocycles. The van der Waals surface area contributed by atoms with Crippen molar-refractivity contribution in [3.05, 3.63) is 83.9 Å². The Bertz CT molecular complexity index is 1330. The number of amides is 2. The van der Waals surface area contributed by atoms with Crippen molar-refractivity contribution >= 4 is 45.0 Å². The van der Waals surface area contributed by atoms with E-state index in [0.717, 1.165) is 4.90 Å². The normalized spacial score (nSPS) is 11.6. The second-order valence-corrected chi connectivity index (χ2v) is 11.8. The average molecular weight is 526 g/mol. The van der Waals surface area contributed by atoms with Gasteiger partial charge in [-0.05, 0) is 94.6 Å². The van der Waals surface area contributed by atoms with Crippen molar-refractivity contribution in [2.45, 2.75) is 43.0 Å². The summed E-state index contributed by atoms with van der Waals surface area (Å²) in [4.78, 5) is 26.8. The number of para-hydroxylation sites is 1. The molecule has 0 aliphatic rings. The summed E-state index contributed by atoms with van der Waals surface area (Å²) >= 11 is 1.54. The van der Waals surface area contributed by atoms with Gasteiger partial charge < -0.3 is 10.6 Å². The molecule has 0 saturated heterocycles. The van der Waals surface area contributed by atoms with E-state index in [1.54, 1.807) is 79.7 Å². The fourth-order valence-electron chi connectivity index (χ4n) is 3.54. The number of anilines is 2. The molecule has 7 nitrogen and oxygen atoms in total. The number of rotatable bonds is 8. The van der Waals surface area contributed by atoms with E-state index in [2.05, 4.69) is 10.6 Å². The zero-order valence-electron chi connectivity index (χ0n) is 21.0. The lowest BCUT2D eigenvalue weighted by Gasteiger charge is -2.23. The van der Waals surface area contributed by atoms with Gasteiger partial charge in [-0.1, -0.05) is 12.1 Å². The van der Waals surface area contributed by atoms with Crippen LogP contribution in [0, 0.1) is 0 Å². The summed E-state index contributed by atoms with van der Waals surface area (Å²) in [6.45, 7) is 7.63. The van der Waals surface area contributed by atoms with Crippen molar-refractivity contribution in [2.24, 2.45) is 0 Å². The molecule has 0 saturated carbocycles. The van der Waals surface area contributed by atoms with E-state index in [9.17, 15) is 18.0 Å². The first-order valence-electron chi connectivity index (χ1n) is 11.5. The van der Waals surface area contributed by atoms with Crippen LogP contribution in [0.15, 0.2) is 82.6 Å². The fraction of sp³-hybridized carbons (Fsp3) is 0.259. The van der Waals surface area contributed by atoms with Gasteiger partial charge >= 0.3 is 0 Å². The largest absolute Gasteiger partial charge is 0.347 e. The van der Waals surface area contributed by atoms with Crippen LogP contribution in [0.3, 0.4) is 0 Å². The second kappa shape index (κ2) is 11.2. The van der Waals surface area contributed by atoms with Crippen LogP contribution in [0.2, 0.25) is 0 Å².